The molecule has 2 aromatic heterocycles. The Morgan fingerprint density at radius 1 is 1.14 bits per heavy atom. The Morgan fingerprint density at radius 3 is 2.64 bits per heavy atom. The molecule has 0 spiro atoms. The number of nitrogens with zero attached hydrogens (tertiary/aromatic N) is 6. The molecule has 0 aliphatic carbocycles. The lowest BCUT2D eigenvalue weighted by atomic mass is 10.1. The zero-order valence-corrected chi connectivity index (χ0v) is 24.7. The van der Waals surface area contributed by atoms with E-state index in [1.165, 1.54) is 11.5 Å². The van der Waals surface area contributed by atoms with Crippen LogP contribution in [-0.4, -0.2) is 78.1 Å². The molecule has 0 radical (unpaired) electrons. The summed E-state index contributed by atoms with van der Waals surface area (Å²) < 4.78 is 13.0. The molecular formula is C30H34N8O3S. The largest absolute Gasteiger partial charge is 0.494 e. The minimum Gasteiger partial charge on any atom is -0.494 e. The van der Waals surface area contributed by atoms with Crippen molar-refractivity contribution in [2.75, 3.05) is 63.0 Å². The second-order valence-electron chi connectivity index (χ2n) is 9.89. The molecule has 1 aliphatic heterocycles. The Hall–Kier alpha value is -4.39. The number of aromatic nitrogens is 4. The van der Waals surface area contributed by atoms with Crippen LogP contribution >= 0.6 is 12.6 Å². The van der Waals surface area contributed by atoms with Crippen molar-refractivity contribution >= 4 is 41.5 Å². The van der Waals surface area contributed by atoms with Crippen LogP contribution in [-0.2, 0) is 16.1 Å². The number of hydrogen-bond donors (Lipinski definition) is 3. The van der Waals surface area contributed by atoms with Crippen LogP contribution in [0.5, 0.6) is 5.75 Å². The molecule has 2 aromatic carbocycles. The van der Waals surface area contributed by atoms with Gasteiger partial charge in [0.05, 0.1) is 43.1 Å². The van der Waals surface area contributed by atoms with Crippen LogP contribution in [0.1, 0.15) is 5.56 Å². The van der Waals surface area contributed by atoms with Crippen molar-refractivity contribution in [1.29, 1.82) is 0 Å². The second kappa shape index (κ2) is 13.5. The van der Waals surface area contributed by atoms with Crippen molar-refractivity contribution in [3.8, 4) is 22.8 Å². The van der Waals surface area contributed by atoms with Gasteiger partial charge in [-0.15, -0.1) is 0 Å². The van der Waals surface area contributed by atoms with Crippen LogP contribution in [0, 0.1) is 0 Å². The first kappa shape index (κ1) is 29.1. The Kier molecular flexibility index (Phi) is 9.37. The average molecular weight is 587 g/mol. The lowest BCUT2D eigenvalue weighted by Gasteiger charge is -2.31. The number of rotatable bonds is 10. The smallest absolute Gasteiger partial charge is 0.248 e. The van der Waals surface area contributed by atoms with Crippen LogP contribution < -0.4 is 20.3 Å². The summed E-state index contributed by atoms with van der Waals surface area (Å²) in [5.74, 6) is 1.23. The van der Waals surface area contributed by atoms with E-state index in [1.807, 2.05) is 62.8 Å². The molecule has 12 heteroatoms. The molecule has 42 heavy (non-hydrogen) atoms. The third-order valence-electron chi connectivity index (χ3n) is 6.60. The topological polar surface area (TPSA) is 110 Å². The molecule has 1 aliphatic rings. The third kappa shape index (κ3) is 6.90. The van der Waals surface area contributed by atoms with E-state index in [4.69, 9.17) is 19.6 Å². The molecular weight excluding hydrogens is 552 g/mol. The lowest BCUT2D eigenvalue weighted by Crippen LogP contribution is -2.36. The predicted octanol–water partition coefficient (Wildman–Crippen LogP) is 4.36. The molecule has 5 rings (SSSR count). The molecule has 0 bridgehead atoms. The zero-order valence-electron chi connectivity index (χ0n) is 23.8. The number of benzene rings is 2. The van der Waals surface area contributed by atoms with Crippen LogP contribution in [0.3, 0.4) is 0 Å². The summed E-state index contributed by atoms with van der Waals surface area (Å²) in [6, 6.07) is 15.6. The Labute approximate surface area is 250 Å². The Balaban J connectivity index is 1.49. The number of ether oxygens (including phenoxy) is 2. The summed E-state index contributed by atoms with van der Waals surface area (Å²) in [7, 11) is 5.66. The summed E-state index contributed by atoms with van der Waals surface area (Å²) in [5, 5.41) is 12.5. The molecule has 4 aromatic rings. The fourth-order valence-electron chi connectivity index (χ4n) is 4.72. The molecule has 0 unspecified atom stereocenters. The number of nitrogens with one attached hydrogen (secondary N) is 2. The third-order valence-corrected chi connectivity index (χ3v) is 6.75. The maximum atomic E-state index is 12.5. The first-order valence-electron chi connectivity index (χ1n) is 13.5. The number of methoxy groups -OCH3 is 1. The molecule has 218 valence electrons. The highest BCUT2D eigenvalue weighted by Gasteiger charge is 2.20. The van der Waals surface area contributed by atoms with Crippen LogP contribution in [0.4, 0.5) is 23.0 Å². The van der Waals surface area contributed by atoms with Gasteiger partial charge in [-0.3, -0.25) is 4.79 Å². The lowest BCUT2D eigenvalue weighted by molar-refractivity contribution is -0.111. The molecule has 0 atom stereocenters. The maximum Gasteiger partial charge on any atom is 0.248 e. The Morgan fingerprint density at radius 2 is 1.93 bits per heavy atom. The van der Waals surface area contributed by atoms with E-state index in [-0.39, 0.29) is 5.91 Å². The van der Waals surface area contributed by atoms with Gasteiger partial charge in [-0.2, -0.15) is 22.7 Å². The van der Waals surface area contributed by atoms with Crippen molar-refractivity contribution in [1.82, 2.24) is 24.6 Å². The first-order chi connectivity index (χ1) is 20.4. The van der Waals surface area contributed by atoms with Gasteiger partial charge >= 0.3 is 0 Å². The number of carbonyl (C=O) groups excluding carboxylic acids is 1. The van der Waals surface area contributed by atoms with Crippen molar-refractivity contribution in [3.63, 3.8) is 0 Å². The molecule has 1 saturated heterocycles. The SMILES string of the molecule is COc1cc(N2CCOCC2)c(NC(=O)/C=C/S)cc1Nc1nccc(-n2cc(CN(C)C)c(-c3ccccc3)n2)n1. The molecule has 2 N–H and O–H groups in total. The standard InChI is InChI=1S/C30H34N8O3S/c1-36(2)19-22-20-38(35-29(22)21-7-5-4-6-8-21)27-9-11-31-30(34-27)33-24-17-23(32-28(39)10-16-42)25(18-26(24)40-3)37-12-14-41-15-13-37/h4-11,16-18,20,42H,12-15,19H2,1-3H3,(H,32,39)(H,31,33,34)/b16-10+. The van der Waals surface area contributed by atoms with E-state index in [9.17, 15) is 4.79 Å². The van der Waals surface area contributed by atoms with Gasteiger partial charge in [0.25, 0.3) is 0 Å². The molecule has 1 fully saturated rings. The van der Waals surface area contributed by atoms with Crippen molar-refractivity contribution < 1.29 is 14.3 Å². The molecule has 1 amide bonds. The van der Waals surface area contributed by atoms with E-state index >= 15 is 0 Å². The van der Waals surface area contributed by atoms with Crippen molar-refractivity contribution in [2.24, 2.45) is 0 Å². The molecule has 3 heterocycles. The van der Waals surface area contributed by atoms with Gasteiger partial charge in [0.1, 0.15) is 5.75 Å². The summed E-state index contributed by atoms with van der Waals surface area (Å²) in [6.45, 7) is 3.31. The fraction of sp³-hybridized carbons (Fsp3) is 0.267. The highest BCUT2D eigenvalue weighted by atomic mass is 32.1. The van der Waals surface area contributed by atoms with Gasteiger partial charge in [0, 0.05) is 61.4 Å². The Bertz CT molecular complexity index is 1550. The van der Waals surface area contributed by atoms with Gasteiger partial charge in [-0.1, -0.05) is 30.3 Å². The summed E-state index contributed by atoms with van der Waals surface area (Å²) in [6.07, 6.45) is 5.03. The van der Waals surface area contributed by atoms with E-state index in [2.05, 4.69) is 38.0 Å². The summed E-state index contributed by atoms with van der Waals surface area (Å²) in [5.41, 5.74) is 5.04. The molecule has 11 nitrogen and oxygen atoms in total. The minimum absolute atomic E-state index is 0.296. The van der Waals surface area contributed by atoms with Gasteiger partial charge in [0.15, 0.2) is 5.82 Å². The number of carbonyl (C=O) groups is 1. The molecule has 0 saturated carbocycles. The maximum absolute atomic E-state index is 12.5. The first-order valence-corrected chi connectivity index (χ1v) is 14.0. The van der Waals surface area contributed by atoms with Crippen molar-refractivity contribution in [3.05, 3.63) is 78.0 Å². The van der Waals surface area contributed by atoms with Crippen LogP contribution in [0.25, 0.3) is 17.1 Å². The summed E-state index contributed by atoms with van der Waals surface area (Å²) >= 11 is 4.03. The fourth-order valence-corrected chi connectivity index (χ4v) is 4.86. The minimum atomic E-state index is -0.296. The van der Waals surface area contributed by atoms with Gasteiger partial charge in [-0.25, -0.2) is 9.67 Å². The average Bonchev–Trinajstić information content (AvgIpc) is 3.41. The second-order valence-corrected chi connectivity index (χ2v) is 10.2. The number of amides is 1. The van der Waals surface area contributed by atoms with E-state index in [0.29, 0.717) is 55.2 Å². The highest BCUT2D eigenvalue weighted by Crippen LogP contribution is 2.38. The van der Waals surface area contributed by atoms with Crippen molar-refractivity contribution in [2.45, 2.75) is 6.54 Å². The predicted molar refractivity (Wildman–Crippen MR) is 168 cm³/mol. The monoisotopic (exact) mass is 586 g/mol. The van der Waals surface area contributed by atoms with Crippen LogP contribution in [0.15, 0.2) is 72.4 Å². The van der Waals surface area contributed by atoms with Gasteiger partial charge in [0.2, 0.25) is 11.9 Å². The van der Waals surface area contributed by atoms with E-state index < -0.39 is 0 Å². The van der Waals surface area contributed by atoms with Gasteiger partial charge < -0.3 is 29.9 Å². The zero-order chi connectivity index (χ0) is 29.5. The van der Waals surface area contributed by atoms with E-state index in [1.54, 1.807) is 24.1 Å². The quantitative estimate of drug-likeness (QED) is 0.184. The number of hydrogen-bond acceptors (Lipinski definition) is 10. The van der Waals surface area contributed by atoms with Gasteiger partial charge in [-0.05, 0) is 25.6 Å². The van der Waals surface area contributed by atoms with Crippen LogP contribution in [0.2, 0.25) is 0 Å². The van der Waals surface area contributed by atoms with E-state index in [0.717, 1.165) is 29.1 Å². The summed E-state index contributed by atoms with van der Waals surface area (Å²) in [4.78, 5) is 25.9. The number of thiol groups is 1. The number of anilines is 4. The highest BCUT2D eigenvalue weighted by molar-refractivity contribution is 7.83. The normalized spacial score (nSPS) is 13.5. The number of morpholine rings is 1.